The van der Waals surface area contributed by atoms with Crippen molar-refractivity contribution in [2.24, 2.45) is 0 Å². The van der Waals surface area contributed by atoms with Crippen molar-refractivity contribution in [1.82, 2.24) is 30.1 Å². The van der Waals surface area contributed by atoms with Crippen molar-refractivity contribution < 1.29 is 9.13 Å². The summed E-state index contributed by atoms with van der Waals surface area (Å²) in [6.45, 7) is 0.863. The van der Waals surface area contributed by atoms with Gasteiger partial charge in [-0.15, -0.1) is 5.10 Å². The first-order valence-electron chi connectivity index (χ1n) is 9.58. The van der Waals surface area contributed by atoms with E-state index < -0.39 is 5.82 Å². The minimum Gasteiger partial charge on any atom is -0.494 e. The lowest BCUT2D eigenvalue weighted by molar-refractivity contribution is 0.386. The van der Waals surface area contributed by atoms with E-state index >= 15 is 0 Å². The molecule has 0 saturated carbocycles. The smallest absolute Gasteiger partial charge is 0.190 e. The van der Waals surface area contributed by atoms with Crippen LogP contribution in [0.4, 0.5) is 10.2 Å². The number of nitrogens with two attached hydrogens (primary N) is 1. The van der Waals surface area contributed by atoms with E-state index in [9.17, 15) is 4.39 Å². The molecule has 0 aliphatic rings. The first-order chi connectivity index (χ1) is 15.0. The number of nitrogen functional groups attached to an aromatic ring is 1. The Labute approximate surface area is 179 Å². The van der Waals surface area contributed by atoms with Crippen molar-refractivity contribution in [3.63, 3.8) is 0 Å². The normalized spacial score (nSPS) is 11.1. The van der Waals surface area contributed by atoms with Gasteiger partial charge in [-0.3, -0.25) is 0 Å². The lowest BCUT2D eigenvalue weighted by atomic mass is 10.0. The molecule has 0 aliphatic heterocycles. The molecule has 0 spiro atoms. The van der Waals surface area contributed by atoms with E-state index in [1.54, 1.807) is 12.3 Å². The molecule has 2 aromatic carbocycles. The molecule has 0 bridgehead atoms. The maximum Gasteiger partial charge on any atom is 0.190 e. The molecule has 0 fully saturated rings. The molecule has 9 heteroatoms. The van der Waals surface area contributed by atoms with Crippen LogP contribution in [-0.2, 0) is 6.54 Å². The molecule has 0 amide bonds. The summed E-state index contributed by atoms with van der Waals surface area (Å²) < 4.78 is 20.4. The summed E-state index contributed by atoms with van der Waals surface area (Å²) >= 11 is 0. The molecule has 8 nitrogen and oxygen atoms in total. The quantitative estimate of drug-likeness (QED) is 0.513. The average Bonchev–Trinajstić information content (AvgIpc) is 3.24. The SMILES string of the molecule is COc1cc(-n2nnnc2-c2cc(-c3ccc(CN(C)C)cc3)cnc2N)ccc1F. The van der Waals surface area contributed by atoms with Gasteiger partial charge in [0.05, 0.1) is 18.4 Å². The molecule has 31 heavy (non-hydrogen) atoms. The summed E-state index contributed by atoms with van der Waals surface area (Å²) in [5, 5.41) is 11.9. The van der Waals surface area contributed by atoms with Gasteiger partial charge in [-0.25, -0.2) is 9.37 Å². The molecule has 0 aliphatic carbocycles. The van der Waals surface area contributed by atoms with Gasteiger partial charge >= 0.3 is 0 Å². The second kappa shape index (κ2) is 8.49. The summed E-state index contributed by atoms with van der Waals surface area (Å²) in [6, 6.07) is 14.5. The summed E-state index contributed by atoms with van der Waals surface area (Å²) in [7, 11) is 5.47. The number of hydrogen-bond donors (Lipinski definition) is 1. The van der Waals surface area contributed by atoms with E-state index in [2.05, 4.69) is 37.5 Å². The zero-order valence-corrected chi connectivity index (χ0v) is 17.5. The Hall–Kier alpha value is -3.85. The lowest BCUT2D eigenvalue weighted by Gasteiger charge is -2.11. The van der Waals surface area contributed by atoms with Gasteiger partial charge in [0.2, 0.25) is 0 Å². The van der Waals surface area contributed by atoms with Gasteiger partial charge in [-0.2, -0.15) is 4.68 Å². The third-order valence-electron chi connectivity index (χ3n) is 4.79. The third kappa shape index (κ3) is 4.22. The van der Waals surface area contributed by atoms with Crippen LogP contribution in [0.25, 0.3) is 28.2 Å². The summed E-state index contributed by atoms with van der Waals surface area (Å²) in [5.74, 6) is 0.307. The van der Waals surface area contributed by atoms with Gasteiger partial charge in [0.15, 0.2) is 17.4 Å². The van der Waals surface area contributed by atoms with Gasteiger partial charge in [0.1, 0.15) is 5.82 Å². The predicted molar refractivity (Wildman–Crippen MR) is 116 cm³/mol. The molecule has 0 radical (unpaired) electrons. The van der Waals surface area contributed by atoms with Crippen LogP contribution in [0.2, 0.25) is 0 Å². The van der Waals surface area contributed by atoms with Crippen LogP contribution in [0.15, 0.2) is 54.7 Å². The second-order valence-electron chi connectivity index (χ2n) is 7.32. The number of anilines is 1. The van der Waals surface area contributed by atoms with Crippen LogP contribution in [0.1, 0.15) is 5.56 Å². The fourth-order valence-corrected chi connectivity index (χ4v) is 3.29. The monoisotopic (exact) mass is 419 g/mol. The fraction of sp³-hybridized carbons (Fsp3) is 0.182. The highest BCUT2D eigenvalue weighted by atomic mass is 19.1. The highest BCUT2D eigenvalue weighted by Crippen LogP contribution is 2.30. The topological polar surface area (TPSA) is 95.0 Å². The summed E-state index contributed by atoms with van der Waals surface area (Å²) in [6.07, 6.45) is 1.72. The van der Waals surface area contributed by atoms with Crippen molar-refractivity contribution in [2.75, 3.05) is 26.9 Å². The molecule has 2 heterocycles. The minimum absolute atomic E-state index is 0.0941. The van der Waals surface area contributed by atoms with E-state index in [1.165, 1.54) is 29.5 Å². The first kappa shape index (κ1) is 20.4. The number of pyridine rings is 1. The lowest BCUT2D eigenvalue weighted by Crippen LogP contribution is -2.10. The van der Waals surface area contributed by atoms with E-state index in [0.717, 1.165) is 17.7 Å². The Balaban J connectivity index is 1.73. The van der Waals surface area contributed by atoms with E-state index in [-0.39, 0.29) is 11.6 Å². The number of benzene rings is 2. The van der Waals surface area contributed by atoms with Crippen LogP contribution >= 0.6 is 0 Å². The molecule has 0 unspecified atom stereocenters. The van der Waals surface area contributed by atoms with E-state index in [1.807, 2.05) is 32.3 Å². The average molecular weight is 419 g/mol. The zero-order valence-electron chi connectivity index (χ0n) is 17.5. The highest BCUT2D eigenvalue weighted by Gasteiger charge is 2.17. The number of rotatable bonds is 6. The Morgan fingerprint density at radius 1 is 1.06 bits per heavy atom. The molecule has 0 saturated heterocycles. The highest BCUT2D eigenvalue weighted by molar-refractivity contribution is 5.76. The van der Waals surface area contributed by atoms with Crippen molar-refractivity contribution in [3.05, 3.63) is 66.1 Å². The second-order valence-corrected chi connectivity index (χ2v) is 7.32. The number of aromatic nitrogens is 5. The largest absolute Gasteiger partial charge is 0.494 e. The molecule has 0 atom stereocenters. The van der Waals surface area contributed by atoms with Crippen LogP contribution in [0.5, 0.6) is 5.75 Å². The third-order valence-corrected chi connectivity index (χ3v) is 4.79. The maximum atomic E-state index is 13.8. The number of hydrogen-bond acceptors (Lipinski definition) is 7. The molecule has 158 valence electrons. The van der Waals surface area contributed by atoms with Crippen molar-refractivity contribution in [2.45, 2.75) is 6.54 Å². The molecule has 4 rings (SSSR count). The fourth-order valence-electron chi connectivity index (χ4n) is 3.29. The Morgan fingerprint density at radius 2 is 1.84 bits per heavy atom. The van der Waals surface area contributed by atoms with E-state index in [4.69, 9.17) is 10.5 Å². The van der Waals surface area contributed by atoms with Gasteiger partial charge in [0.25, 0.3) is 0 Å². The molecule has 2 aromatic heterocycles. The van der Waals surface area contributed by atoms with E-state index in [0.29, 0.717) is 17.1 Å². The van der Waals surface area contributed by atoms with Gasteiger partial charge in [-0.05, 0) is 53.8 Å². The van der Waals surface area contributed by atoms with Gasteiger partial charge in [-0.1, -0.05) is 24.3 Å². The number of halogens is 1. The summed E-state index contributed by atoms with van der Waals surface area (Å²) in [5.41, 5.74) is 10.4. The van der Waals surface area contributed by atoms with Crippen LogP contribution in [0, 0.1) is 5.82 Å². The molecule has 2 N–H and O–H groups in total. The van der Waals surface area contributed by atoms with Crippen molar-refractivity contribution in [1.29, 1.82) is 0 Å². The molecule has 4 aromatic rings. The Bertz CT molecular complexity index is 1200. The van der Waals surface area contributed by atoms with Gasteiger partial charge in [0, 0.05) is 24.4 Å². The number of methoxy groups -OCH3 is 1. The Kier molecular flexibility index (Phi) is 5.59. The van der Waals surface area contributed by atoms with Gasteiger partial charge < -0.3 is 15.4 Å². The summed E-state index contributed by atoms with van der Waals surface area (Å²) in [4.78, 5) is 6.45. The first-order valence-corrected chi connectivity index (χ1v) is 9.58. The van der Waals surface area contributed by atoms with Crippen LogP contribution in [0.3, 0.4) is 0 Å². The van der Waals surface area contributed by atoms with Crippen molar-refractivity contribution in [3.8, 4) is 34.0 Å². The Morgan fingerprint density at radius 3 is 2.55 bits per heavy atom. The zero-order chi connectivity index (χ0) is 22.0. The van der Waals surface area contributed by atoms with Crippen LogP contribution < -0.4 is 10.5 Å². The van der Waals surface area contributed by atoms with Crippen LogP contribution in [-0.4, -0.2) is 51.3 Å². The predicted octanol–water partition coefficient (Wildman–Crippen LogP) is 3.18. The van der Waals surface area contributed by atoms with Crippen molar-refractivity contribution >= 4 is 5.82 Å². The minimum atomic E-state index is -0.471. The number of ether oxygens (including phenoxy) is 1. The standard InChI is InChI=1S/C22H22FN7O/c1-29(2)13-14-4-6-15(7-5-14)16-10-18(21(24)25-12-16)22-26-27-28-30(22)17-8-9-19(23)20(11-17)31-3/h4-12H,13H2,1-3H3,(H2,24,25). The molecular formula is C22H22FN7O. The number of tetrazole rings is 1. The number of nitrogens with zero attached hydrogens (tertiary/aromatic N) is 6. The molecular weight excluding hydrogens is 397 g/mol. The maximum absolute atomic E-state index is 13.8.